The number of carbonyl (C=O) groups excluding carboxylic acids is 3. The number of aliphatic hydroxyl groups is 1. The number of anilines is 1. The first kappa shape index (κ1) is 29.5. The van der Waals surface area contributed by atoms with E-state index in [2.05, 4.69) is 27.8 Å². The molecule has 0 spiro atoms. The molecule has 0 radical (unpaired) electrons. The van der Waals surface area contributed by atoms with Crippen molar-refractivity contribution in [2.75, 3.05) is 18.1 Å². The minimum Gasteiger partial charge on any atom is -0.507 e. The second kappa shape index (κ2) is 12.8. The van der Waals surface area contributed by atoms with E-state index in [1.165, 1.54) is 4.90 Å². The Labute approximate surface area is 245 Å². The van der Waals surface area contributed by atoms with Gasteiger partial charge in [-0.2, -0.15) is 0 Å². The number of esters is 1. The van der Waals surface area contributed by atoms with Gasteiger partial charge < -0.3 is 14.6 Å². The van der Waals surface area contributed by atoms with E-state index in [1.807, 2.05) is 19.9 Å². The zero-order valence-electron chi connectivity index (χ0n) is 22.8. The van der Waals surface area contributed by atoms with Gasteiger partial charge >= 0.3 is 11.9 Å². The smallest absolute Gasteiger partial charge is 0.350 e. The van der Waals surface area contributed by atoms with Gasteiger partial charge in [0, 0.05) is 10.0 Å². The summed E-state index contributed by atoms with van der Waals surface area (Å²) < 4.78 is 11.8. The van der Waals surface area contributed by atoms with Gasteiger partial charge in [-0.25, -0.2) is 9.78 Å². The number of hydrogen-bond donors (Lipinski definition) is 1. The third-order valence-corrected chi connectivity index (χ3v) is 7.86. The average Bonchev–Trinajstić information content (AvgIpc) is 3.44. The minimum atomic E-state index is -0.969. The van der Waals surface area contributed by atoms with Crippen LogP contribution >= 0.6 is 27.3 Å². The Hall–Kier alpha value is -3.50. The van der Waals surface area contributed by atoms with Crippen molar-refractivity contribution in [1.82, 2.24) is 4.98 Å². The largest absolute Gasteiger partial charge is 0.507 e. The topological polar surface area (TPSA) is 106 Å². The summed E-state index contributed by atoms with van der Waals surface area (Å²) in [5.41, 5.74) is 1.28. The highest BCUT2D eigenvalue weighted by molar-refractivity contribution is 9.10. The molecule has 0 unspecified atom stereocenters. The van der Waals surface area contributed by atoms with E-state index in [4.69, 9.17) is 9.47 Å². The van der Waals surface area contributed by atoms with Crippen LogP contribution in [0.1, 0.15) is 66.1 Å². The van der Waals surface area contributed by atoms with Crippen molar-refractivity contribution in [2.45, 2.75) is 46.6 Å². The Morgan fingerprint density at radius 3 is 2.55 bits per heavy atom. The van der Waals surface area contributed by atoms with Gasteiger partial charge in [-0.1, -0.05) is 66.6 Å². The Balaban J connectivity index is 1.78. The molecule has 1 aromatic heterocycles. The molecule has 1 fully saturated rings. The molecule has 40 heavy (non-hydrogen) atoms. The van der Waals surface area contributed by atoms with E-state index in [1.54, 1.807) is 49.4 Å². The molecule has 1 amide bonds. The van der Waals surface area contributed by atoms with Gasteiger partial charge in [-0.15, -0.1) is 0 Å². The number of benzene rings is 2. The minimum absolute atomic E-state index is 0.0699. The van der Waals surface area contributed by atoms with Crippen LogP contribution in [0.4, 0.5) is 5.13 Å². The molecule has 1 aliphatic rings. The molecule has 1 saturated heterocycles. The number of ketones is 1. The number of nitrogens with zero attached hydrogens (tertiary/aromatic N) is 2. The molecular formula is C30H31BrN2O6S. The molecule has 0 aliphatic carbocycles. The molecule has 0 bridgehead atoms. The monoisotopic (exact) mass is 626 g/mol. The van der Waals surface area contributed by atoms with Gasteiger partial charge in [0.1, 0.15) is 16.4 Å². The molecule has 1 aliphatic heterocycles. The van der Waals surface area contributed by atoms with Gasteiger partial charge in [-0.05, 0) is 61.2 Å². The lowest BCUT2D eigenvalue weighted by Gasteiger charge is -2.23. The second-order valence-corrected chi connectivity index (χ2v) is 11.7. The zero-order chi connectivity index (χ0) is 29.0. The summed E-state index contributed by atoms with van der Waals surface area (Å²) in [5.74, 6) is -1.74. The predicted molar refractivity (Wildman–Crippen MR) is 158 cm³/mol. The number of rotatable bonds is 10. The lowest BCUT2D eigenvalue weighted by atomic mass is 9.95. The normalized spacial score (nSPS) is 16.6. The third kappa shape index (κ3) is 6.28. The van der Waals surface area contributed by atoms with E-state index in [0.717, 1.165) is 28.7 Å². The fraction of sp³-hybridized carbons (Fsp3) is 0.333. The van der Waals surface area contributed by atoms with E-state index in [0.29, 0.717) is 29.2 Å². The van der Waals surface area contributed by atoms with Crippen LogP contribution in [0.15, 0.2) is 58.6 Å². The molecule has 1 N–H and O–H groups in total. The number of aryl methyl sites for hydroxylation is 1. The van der Waals surface area contributed by atoms with Crippen LogP contribution in [0.5, 0.6) is 5.75 Å². The summed E-state index contributed by atoms with van der Waals surface area (Å²) in [6.45, 7) is 8.42. The van der Waals surface area contributed by atoms with Crippen LogP contribution in [-0.4, -0.2) is 41.0 Å². The van der Waals surface area contributed by atoms with Crippen molar-refractivity contribution in [3.63, 3.8) is 0 Å². The summed E-state index contributed by atoms with van der Waals surface area (Å²) in [7, 11) is 0. The summed E-state index contributed by atoms with van der Waals surface area (Å²) >= 11 is 4.44. The second-order valence-electron chi connectivity index (χ2n) is 9.85. The number of carbonyl (C=O) groups is 3. The number of halogens is 1. The fourth-order valence-electron chi connectivity index (χ4n) is 4.20. The molecule has 210 valence electrons. The number of unbranched alkanes of at least 4 members (excludes halogenated alkanes) is 1. The number of amides is 1. The SMILES string of the molecule is CCCCOc1ccc(C(O)=C2C(=O)C(=O)N(c3nc(C)c(C(=O)OCC(C)C)s3)[C@H]2c2cccc(Br)c2)cc1. The first-order valence-electron chi connectivity index (χ1n) is 13.1. The summed E-state index contributed by atoms with van der Waals surface area (Å²) in [4.78, 5) is 45.6. The van der Waals surface area contributed by atoms with E-state index in [-0.39, 0.29) is 33.9 Å². The van der Waals surface area contributed by atoms with Crippen LogP contribution in [-0.2, 0) is 14.3 Å². The molecular weight excluding hydrogens is 596 g/mol. The highest BCUT2D eigenvalue weighted by atomic mass is 79.9. The maximum atomic E-state index is 13.5. The van der Waals surface area contributed by atoms with Crippen LogP contribution < -0.4 is 9.64 Å². The van der Waals surface area contributed by atoms with E-state index < -0.39 is 23.7 Å². The molecule has 1 atom stereocenters. The van der Waals surface area contributed by atoms with Gasteiger partial charge in [0.2, 0.25) is 0 Å². The zero-order valence-corrected chi connectivity index (χ0v) is 25.2. The first-order valence-corrected chi connectivity index (χ1v) is 14.7. The number of hydrogen-bond acceptors (Lipinski definition) is 8. The standard InChI is InChI=1S/C30H31BrN2O6S/c1-5-6-14-38-22-12-10-19(11-13-22)25(34)23-24(20-8-7-9-21(31)15-20)33(28(36)26(23)35)30-32-18(4)27(40-30)29(37)39-16-17(2)3/h7-13,15,17,24,34H,5-6,14,16H2,1-4H3/t24-/m0/s1. The Kier molecular flexibility index (Phi) is 9.42. The Morgan fingerprint density at radius 2 is 1.90 bits per heavy atom. The molecule has 4 rings (SSSR count). The predicted octanol–water partition coefficient (Wildman–Crippen LogP) is 6.83. The summed E-state index contributed by atoms with van der Waals surface area (Å²) in [6, 6.07) is 12.9. The number of ether oxygens (including phenoxy) is 2. The molecule has 0 saturated carbocycles. The number of Topliss-reactive ketones (excluding diaryl/α,β-unsaturated/α-hetero) is 1. The van der Waals surface area contributed by atoms with Crippen molar-refractivity contribution in [3.8, 4) is 5.75 Å². The van der Waals surface area contributed by atoms with Crippen molar-refractivity contribution in [1.29, 1.82) is 0 Å². The number of aliphatic hydroxyl groups excluding tert-OH is 1. The summed E-state index contributed by atoms with van der Waals surface area (Å²) in [6.07, 6.45) is 1.93. The first-order chi connectivity index (χ1) is 19.1. The van der Waals surface area contributed by atoms with Crippen LogP contribution in [0.25, 0.3) is 5.76 Å². The highest BCUT2D eigenvalue weighted by Gasteiger charge is 2.48. The third-order valence-electron chi connectivity index (χ3n) is 6.23. The van der Waals surface area contributed by atoms with E-state index in [9.17, 15) is 19.5 Å². The quantitative estimate of drug-likeness (QED) is 0.0864. The summed E-state index contributed by atoms with van der Waals surface area (Å²) in [5, 5.41) is 11.6. The lowest BCUT2D eigenvalue weighted by molar-refractivity contribution is -0.132. The maximum Gasteiger partial charge on any atom is 0.350 e. The van der Waals surface area contributed by atoms with Gasteiger partial charge in [0.05, 0.1) is 30.5 Å². The van der Waals surface area contributed by atoms with Gasteiger partial charge in [-0.3, -0.25) is 14.5 Å². The van der Waals surface area contributed by atoms with Gasteiger partial charge in [0.15, 0.2) is 5.13 Å². The van der Waals surface area contributed by atoms with Crippen molar-refractivity contribution < 1.29 is 29.0 Å². The Morgan fingerprint density at radius 1 is 1.18 bits per heavy atom. The average molecular weight is 628 g/mol. The number of aromatic nitrogens is 1. The van der Waals surface area contributed by atoms with Crippen LogP contribution in [0, 0.1) is 12.8 Å². The van der Waals surface area contributed by atoms with Gasteiger partial charge in [0.25, 0.3) is 5.78 Å². The van der Waals surface area contributed by atoms with E-state index >= 15 is 0 Å². The molecule has 3 aromatic rings. The molecule has 8 nitrogen and oxygen atoms in total. The van der Waals surface area contributed by atoms with Crippen molar-refractivity contribution >= 4 is 55.8 Å². The number of thiazole rings is 1. The highest BCUT2D eigenvalue weighted by Crippen LogP contribution is 2.44. The molecule has 10 heteroatoms. The van der Waals surface area contributed by atoms with Crippen LogP contribution in [0.2, 0.25) is 0 Å². The van der Waals surface area contributed by atoms with Crippen molar-refractivity contribution in [3.05, 3.63) is 80.3 Å². The van der Waals surface area contributed by atoms with Crippen LogP contribution in [0.3, 0.4) is 0 Å². The van der Waals surface area contributed by atoms with Crippen molar-refractivity contribution in [2.24, 2.45) is 5.92 Å². The molecule has 2 aromatic carbocycles. The maximum absolute atomic E-state index is 13.5. The lowest BCUT2D eigenvalue weighted by Crippen LogP contribution is -2.29. The fourth-order valence-corrected chi connectivity index (χ4v) is 5.61. The Bertz CT molecular complexity index is 1450. The molecule has 2 heterocycles.